The predicted molar refractivity (Wildman–Crippen MR) is 129 cm³/mol. The predicted octanol–water partition coefficient (Wildman–Crippen LogP) is 3.75. The van der Waals surface area contributed by atoms with Crippen molar-refractivity contribution in [2.45, 2.75) is 70.4 Å². The van der Waals surface area contributed by atoms with E-state index in [1.54, 1.807) is 6.20 Å². The summed E-state index contributed by atoms with van der Waals surface area (Å²) in [6.45, 7) is 5.28. The molecule has 1 atom stereocenters. The van der Waals surface area contributed by atoms with Crippen molar-refractivity contribution in [2.75, 3.05) is 31.1 Å². The Morgan fingerprint density at radius 2 is 2.06 bits per heavy atom. The first-order valence-corrected chi connectivity index (χ1v) is 12.6. The number of hydrogen-bond acceptors (Lipinski definition) is 6. The van der Waals surface area contributed by atoms with E-state index in [4.69, 9.17) is 9.72 Å². The molecule has 7 heteroatoms. The SMILES string of the molecule is C[C@@H]1CN(c2nc(C3CCCCC3)c3c(c2C#N)CCOC3)CCN1C(=O)Cc1ccccn1. The summed E-state index contributed by atoms with van der Waals surface area (Å²) in [4.78, 5) is 26.7. The van der Waals surface area contributed by atoms with Gasteiger partial charge in [0.2, 0.25) is 5.91 Å². The number of ether oxygens (including phenoxy) is 1. The van der Waals surface area contributed by atoms with Crippen LogP contribution in [0, 0.1) is 11.3 Å². The van der Waals surface area contributed by atoms with Gasteiger partial charge >= 0.3 is 0 Å². The topological polar surface area (TPSA) is 82.4 Å². The van der Waals surface area contributed by atoms with E-state index in [9.17, 15) is 10.1 Å². The van der Waals surface area contributed by atoms with Crippen molar-refractivity contribution in [1.29, 1.82) is 5.26 Å². The van der Waals surface area contributed by atoms with Crippen molar-refractivity contribution in [3.8, 4) is 6.07 Å². The van der Waals surface area contributed by atoms with E-state index in [-0.39, 0.29) is 11.9 Å². The van der Waals surface area contributed by atoms with E-state index >= 15 is 0 Å². The van der Waals surface area contributed by atoms with Gasteiger partial charge < -0.3 is 14.5 Å². The first-order valence-electron chi connectivity index (χ1n) is 12.6. The number of nitriles is 1. The van der Waals surface area contributed by atoms with Crippen LogP contribution in [0.3, 0.4) is 0 Å². The molecule has 0 spiro atoms. The molecule has 3 aliphatic rings. The maximum absolute atomic E-state index is 13.0. The number of rotatable bonds is 4. The highest BCUT2D eigenvalue weighted by molar-refractivity contribution is 5.79. The van der Waals surface area contributed by atoms with Gasteiger partial charge in [0.05, 0.1) is 30.9 Å². The van der Waals surface area contributed by atoms with Crippen molar-refractivity contribution in [1.82, 2.24) is 14.9 Å². The van der Waals surface area contributed by atoms with Crippen molar-refractivity contribution in [2.24, 2.45) is 0 Å². The molecule has 1 saturated heterocycles. The van der Waals surface area contributed by atoms with E-state index < -0.39 is 0 Å². The van der Waals surface area contributed by atoms with Gasteiger partial charge in [0.1, 0.15) is 11.9 Å². The normalized spacial score (nSPS) is 21.1. The minimum atomic E-state index is 0.0378. The molecular formula is C27H33N5O2. The fourth-order valence-corrected chi connectivity index (χ4v) is 5.80. The second-order valence-electron chi connectivity index (χ2n) is 9.78. The summed E-state index contributed by atoms with van der Waals surface area (Å²) in [7, 11) is 0. The molecule has 2 fully saturated rings. The Hall–Kier alpha value is -2.98. The average molecular weight is 460 g/mol. The summed E-state index contributed by atoms with van der Waals surface area (Å²) in [5.74, 6) is 1.37. The Morgan fingerprint density at radius 1 is 1.21 bits per heavy atom. The third-order valence-electron chi connectivity index (χ3n) is 7.58. The van der Waals surface area contributed by atoms with Crippen LogP contribution in [-0.2, 0) is 29.0 Å². The molecule has 178 valence electrons. The summed E-state index contributed by atoms with van der Waals surface area (Å²) in [5.41, 5.74) is 4.96. The van der Waals surface area contributed by atoms with Crippen molar-refractivity contribution >= 4 is 11.7 Å². The van der Waals surface area contributed by atoms with E-state index in [0.717, 1.165) is 47.6 Å². The molecular weight excluding hydrogens is 426 g/mol. The van der Waals surface area contributed by atoms with Crippen LogP contribution in [0.25, 0.3) is 0 Å². The van der Waals surface area contributed by atoms with E-state index in [1.807, 2.05) is 23.1 Å². The van der Waals surface area contributed by atoms with Crippen LogP contribution in [0.5, 0.6) is 0 Å². The van der Waals surface area contributed by atoms with Crippen LogP contribution >= 0.6 is 0 Å². The van der Waals surface area contributed by atoms with Gasteiger partial charge in [-0.25, -0.2) is 4.98 Å². The molecule has 0 unspecified atom stereocenters. The van der Waals surface area contributed by atoms with Crippen molar-refractivity contribution in [3.05, 3.63) is 52.5 Å². The number of fused-ring (bicyclic) bond motifs is 1. The number of aromatic nitrogens is 2. The van der Waals surface area contributed by atoms with Crippen LogP contribution in [0.4, 0.5) is 5.82 Å². The van der Waals surface area contributed by atoms with Gasteiger partial charge in [0.25, 0.3) is 0 Å². The number of carbonyl (C=O) groups excluding carboxylic acids is 1. The molecule has 0 aromatic carbocycles. The maximum Gasteiger partial charge on any atom is 0.228 e. The van der Waals surface area contributed by atoms with Gasteiger partial charge in [-0.3, -0.25) is 9.78 Å². The van der Waals surface area contributed by atoms with E-state index in [1.165, 1.54) is 19.3 Å². The highest BCUT2D eigenvalue weighted by Gasteiger charge is 2.33. The van der Waals surface area contributed by atoms with Gasteiger partial charge in [-0.05, 0) is 43.9 Å². The van der Waals surface area contributed by atoms with Crippen LogP contribution < -0.4 is 4.90 Å². The zero-order valence-corrected chi connectivity index (χ0v) is 20.0. The lowest BCUT2D eigenvalue weighted by molar-refractivity contribution is -0.132. The molecule has 2 aromatic rings. The first-order chi connectivity index (χ1) is 16.7. The fraction of sp³-hybridized carbons (Fsp3) is 0.556. The molecule has 2 aromatic heterocycles. The fourth-order valence-electron chi connectivity index (χ4n) is 5.80. The zero-order valence-electron chi connectivity index (χ0n) is 20.0. The molecule has 7 nitrogen and oxygen atoms in total. The van der Waals surface area contributed by atoms with Gasteiger partial charge in [0, 0.05) is 49.0 Å². The summed E-state index contributed by atoms with van der Waals surface area (Å²) < 4.78 is 5.81. The number of pyridine rings is 2. The largest absolute Gasteiger partial charge is 0.376 e. The van der Waals surface area contributed by atoms with Crippen LogP contribution in [0.15, 0.2) is 24.4 Å². The van der Waals surface area contributed by atoms with E-state index in [2.05, 4.69) is 22.9 Å². The number of nitrogens with zero attached hydrogens (tertiary/aromatic N) is 5. The average Bonchev–Trinajstić information content (AvgIpc) is 2.88. The molecule has 0 bridgehead atoms. The second kappa shape index (κ2) is 10.1. The molecule has 1 aliphatic carbocycles. The second-order valence-corrected chi connectivity index (χ2v) is 9.78. The lowest BCUT2D eigenvalue weighted by Gasteiger charge is -2.41. The van der Waals surface area contributed by atoms with E-state index in [0.29, 0.717) is 50.8 Å². The Bertz CT molecular complexity index is 1070. The minimum Gasteiger partial charge on any atom is -0.376 e. The summed E-state index contributed by atoms with van der Waals surface area (Å²) in [6.07, 6.45) is 8.92. The molecule has 1 saturated carbocycles. The maximum atomic E-state index is 13.0. The molecule has 5 rings (SSSR count). The molecule has 34 heavy (non-hydrogen) atoms. The molecule has 4 heterocycles. The van der Waals surface area contributed by atoms with Crippen LogP contribution in [0.1, 0.15) is 73.0 Å². The summed E-state index contributed by atoms with van der Waals surface area (Å²) in [6, 6.07) is 8.19. The Morgan fingerprint density at radius 3 is 2.79 bits per heavy atom. The highest BCUT2D eigenvalue weighted by Crippen LogP contribution is 2.39. The summed E-state index contributed by atoms with van der Waals surface area (Å²) in [5, 5.41) is 10.1. The molecule has 0 radical (unpaired) electrons. The molecule has 1 amide bonds. The smallest absolute Gasteiger partial charge is 0.228 e. The van der Waals surface area contributed by atoms with Gasteiger partial charge in [-0.1, -0.05) is 25.3 Å². The summed E-state index contributed by atoms with van der Waals surface area (Å²) >= 11 is 0. The lowest BCUT2D eigenvalue weighted by Crippen LogP contribution is -2.55. The minimum absolute atomic E-state index is 0.0378. The third kappa shape index (κ3) is 4.52. The third-order valence-corrected chi connectivity index (χ3v) is 7.58. The molecule has 2 aliphatic heterocycles. The number of anilines is 1. The van der Waals surface area contributed by atoms with Crippen molar-refractivity contribution < 1.29 is 9.53 Å². The Labute approximate surface area is 201 Å². The van der Waals surface area contributed by atoms with Gasteiger partial charge in [-0.2, -0.15) is 5.26 Å². The van der Waals surface area contributed by atoms with Crippen LogP contribution in [0.2, 0.25) is 0 Å². The lowest BCUT2D eigenvalue weighted by atomic mass is 9.82. The Kier molecular flexibility index (Phi) is 6.77. The number of carbonyl (C=O) groups is 1. The number of hydrogen-bond donors (Lipinski definition) is 0. The zero-order chi connectivity index (χ0) is 23.5. The van der Waals surface area contributed by atoms with Gasteiger partial charge in [0.15, 0.2) is 0 Å². The monoisotopic (exact) mass is 459 g/mol. The number of piperazine rings is 1. The van der Waals surface area contributed by atoms with Gasteiger partial charge in [-0.15, -0.1) is 0 Å². The quantitative estimate of drug-likeness (QED) is 0.693. The Balaban J connectivity index is 1.40. The highest BCUT2D eigenvalue weighted by atomic mass is 16.5. The van der Waals surface area contributed by atoms with Crippen molar-refractivity contribution in [3.63, 3.8) is 0 Å². The first kappa shape index (κ1) is 22.8. The molecule has 0 N–H and O–H groups in total. The van der Waals surface area contributed by atoms with Crippen LogP contribution in [-0.4, -0.2) is 53.1 Å². The number of amides is 1. The standard InChI is InChI=1S/C27H33N5O2/c1-19-17-31(12-13-32(19)25(33)15-21-9-5-6-11-29-21)27-23(16-28)22-10-14-34-18-24(22)26(30-27)20-7-3-2-4-8-20/h5-6,9,11,19-20H,2-4,7-8,10,12-15,17-18H2,1H3/t19-/m1/s1.